The van der Waals surface area contributed by atoms with Gasteiger partial charge in [-0.1, -0.05) is 24.3 Å². The molecule has 0 heterocycles. The zero-order valence-corrected chi connectivity index (χ0v) is 8.41. The monoisotopic (exact) mass is 213 g/mol. The van der Waals surface area contributed by atoms with Gasteiger partial charge in [0.15, 0.2) is 0 Å². The van der Waals surface area contributed by atoms with Gasteiger partial charge in [0.2, 0.25) is 0 Å². The average Bonchev–Trinajstić information content (AvgIpc) is 2.20. The van der Waals surface area contributed by atoms with E-state index in [0.717, 1.165) is 12.1 Å². The Labute approximate surface area is 87.6 Å². The molecular formula is C11H13F2NO. The summed E-state index contributed by atoms with van der Waals surface area (Å²) in [7, 11) is 1.85. The molecule has 15 heavy (non-hydrogen) atoms. The van der Waals surface area contributed by atoms with Crippen LogP contribution >= 0.6 is 0 Å². The molecule has 0 spiro atoms. The first-order valence-corrected chi connectivity index (χ1v) is 4.58. The van der Waals surface area contributed by atoms with Gasteiger partial charge >= 0.3 is 6.61 Å². The molecule has 0 saturated heterocycles. The SMILES string of the molecule is CNCC=Cc1ccc(OC(F)F)cc1. The maximum atomic E-state index is 11.8. The lowest BCUT2D eigenvalue weighted by Crippen LogP contribution is -2.03. The predicted molar refractivity (Wildman–Crippen MR) is 56.0 cm³/mol. The van der Waals surface area contributed by atoms with Crippen molar-refractivity contribution >= 4 is 6.08 Å². The lowest BCUT2D eigenvalue weighted by molar-refractivity contribution is -0.0498. The second-order valence-corrected chi connectivity index (χ2v) is 2.91. The highest BCUT2D eigenvalue weighted by atomic mass is 19.3. The van der Waals surface area contributed by atoms with Crippen molar-refractivity contribution in [2.24, 2.45) is 0 Å². The Morgan fingerprint density at radius 2 is 2.00 bits per heavy atom. The van der Waals surface area contributed by atoms with Gasteiger partial charge in [-0.15, -0.1) is 0 Å². The Hall–Kier alpha value is -1.42. The summed E-state index contributed by atoms with van der Waals surface area (Å²) >= 11 is 0. The normalized spacial score (nSPS) is 11.2. The van der Waals surface area contributed by atoms with Gasteiger partial charge in [0.25, 0.3) is 0 Å². The summed E-state index contributed by atoms with van der Waals surface area (Å²) in [6, 6.07) is 6.49. The Kier molecular flexibility index (Phi) is 4.77. The maximum Gasteiger partial charge on any atom is 0.387 e. The third-order valence-electron chi connectivity index (χ3n) is 1.74. The third kappa shape index (κ3) is 4.56. The molecule has 0 aliphatic carbocycles. The molecule has 1 N–H and O–H groups in total. The van der Waals surface area contributed by atoms with E-state index >= 15 is 0 Å². The fourth-order valence-corrected chi connectivity index (χ4v) is 1.07. The lowest BCUT2D eigenvalue weighted by atomic mass is 10.2. The average molecular weight is 213 g/mol. The summed E-state index contributed by atoms with van der Waals surface area (Å²) in [4.78, 5) is 0. The summed E-state index contributed by atoms with van der Waals surface area (Å²) in [5.74, 6) is 0.177. The van der Waals surface area contributed by atoms with E-state index in [1.807, 2.05) is 19.2 Å². The molecule has 1 rings (SSSR count). The molecule has 0 atom stereocenters. The Morgan fingerprint density at radius 3 is 2.53 bits per heavy atom. The van der Waals surface area contributed by atoms with Crippen LogP contribution in [-0.2, 0) is 0 Å². The molecule has 4 heteroatoms. The largest absolute Gasteiger partial charge is 0.435 e. The predicted octanol–water partition coefficient (Wildman–Crippen LogP) is 2.52. The van der Waals surface area contributed by atoms with Crippen LogP contribution in [0.4, 0.5) is 8.78 Å². The van der Waals surface area contributed by atoms with Crippen LogP contribution in [-0.4, -0.2) is 20.2 Å². The van der Waals surface area contributed by atoms with Gasteiger partial charge in [-0.3, -0.25) is 0 Å². The Bertz CT molecular complexity index is 309. The molecule has 0 radical (unpaired) electrons. The van der Waals surface area contributed by atoms with E-state index in [4.69, 9.17) is 0 Å². The first-order chi connectivity index (χ1) is 7.22. The molecule has 0 amide bonds. The number of hydrogen-bond acceptors (Lipinski definition) is 2. The van der Waals surface area contributed by atoms with Crippen LogP contribution in [0.15, 0.2) is 30.3 Å². The van der Waals surface area contributed by atoms with E-state index in [1.165, 1.54) is 12.1 Å². The Balaban J connectivity index is 2.56. The van der Waals surface area contributed by atoms with Crippen molar-refractivity contribution in [1.29, 1.82) is 0 Å². The van der Waals surface area contributed by atoms with Crippen molar-refractivity contribution in [3.63, 3.8) is 0 Å². The quantitative estimate of drug-likeness (QED) is 0.811. The number of benzene rings is 1. The number of hydrogen-bond donors (Lipinski definition) is 1. The molecule has 0 aliphatic rings. The van der Waals surface area contributed by atoms with Gasteiger partial charge in [-0.2, -0.15) is 8.78 Å². The first-order valence-electron chi connectivity index (χ1n) is 4.58. The molecule has 1 aromatic carbocycles. The second kappa shape index (κ2) is 6.14. The molecule has 0 bridgehead atoms. The number of likely N-dealkylation sites (N-methyl/N-ethyl adjacent to an activating group) is 1. The lowest BCUT2D eigenvalue weighted by Gasteiger charge is -2.03. The molecule has 1 aromatic rings. The number of ether oxygens (including phenoxy) is 1. The van der Waals surface area contributed by atoms with E-state index in [0.29, 0.717) is 0 Å². The molecule has 0 saturated carbocycles. The van der Waals surface area contributed by atoms with Crippen molar-refractivity contribution in [3.8, 4) is 5.75 Å². The summed E-state index contributed by atoms with van der Waals surface area (Å²) in [5.41, 5.74) is 0.951. The molecule has 0 fully saturated rings. The molecule has 0 aliphatic heterocycles. The maximum absolute atomic E-state index is 11.8. The van der Waals surface area contributed by atoms with Crippen LogP contribution < -0.4 is 10.1 Å². The Morgan fingerprint density at radius 1 is 1.33 bits per heavy atom. The van der Waals surface area contributed by atoms with E-state index in [2.05, 4.69) is 10.1 Å². The smallest absolute Gasteiger partial charge is 0.387 e. The van der Waals surface area contributed by atoms with E-state index < -0.39 is 6.61 Å². The number of rotatable bonds is 5. The zero-order valence-electron chi connectivity index (χ0n) is 8.41. The van der Waals surface area contributed by atoms with Crippen LogP contribution in [0.3, 0.4) is 0 Å². The van der Waals surface area contributed by atoms with Gasteiger partial charge in [0.05, 0.1) is 0 Å². The molecule has 2 nitrogen and oxygen atoms in total. The van der Waals surface area contributed by atoms with Crippen LogP contribution in [0, 0.1) is 0 Å². The van der Waals surface area contributed by atoms with Crippen molar-refractivity contribution in [2.45, 2.75) is 6.61 Å². The zero-order chi connectivity index (χ0) is 11.1. The second-order valence-electron chi connectivity index (χ2n) is 2.91. The summed E-state index contributed by atoms with van der Waals surface area (Å²) < 4.78 is 27.9. The molecule has 82 valence electrons. The van der Waals surface area contributed by atoms with E-state index in [-0.39, 0.29) is 5.75 Å². The fourth-order valence-electron chi connectivity index (χ4n) is 1.07. The number of alkyl halides is 2. The number of halogens is 2. The number of nitrogens with one attached hydrogen (secondary N) is 1. The summed E-state index contributed by atoms with van der Waals surface area (Å²) in [5, 5.41) is 2.96. The minimum atomic E-state index is -2.77. The topological polar surface area (TPSA) is 21.3 Å². The van der Waals surface area contributed by atoms with E-state index in [1.54, 1.807) is 12.1 Å². The molecular weight excluding hydrogens is 200 g/mol. The van der Waals surface area contributed by atoms with Crippen LogP contribution in [0.1, 0.15) is 5.56 Å². The van der Waals surface area contributed by atoms with Gasteiger partial charge in [0.1, 0.15) is 5.75 Å². The standard InChI is InChI=1S/C11H13F2NO/c1-14-8-2-3-9-4-6-10(7-5-9)15-11(12)13/h2-7,11,14H,8H2,1H3. The van der Waals surface area contributed by atoms with E-state index in [9.17, 15) is 8.78 Å². The van der Waals surface area contributed by atoms with Crippen molar-refractivity contribution < 1.29 is 13.5 Å². The van der Waals surface area contributed by atoms with Gasteiger partial charge in [0, 0.05) is 6.54 Å². The highest BCUT2D eigenvalue weighted by Gasteiger charge is 2.02. The fraction of sp³-hybridized carbons (Fsp3) is 0.273. The summed E-state index contributed by atoms with van der Waals surface area (Å²) in [6.45, 7) is -1.99. The van der Waals surface area contributed by atoms with Gasteiger partial charge < -0.3 is 10.1 Å². The van der Waals surface area contributed by atoms with Crippen molar-refractivity contribution in [3.05, 3.63) is 35.9 Å². The first kappa shape index (κ1) is 11.7. The van der Waals surface area contributed by atoms with Crippen LogP contribution in [0.2, 0.25) is 0 Å². The third-order valence-corrected chi connectivity index (χ3v) is 1.74. The van der Waals surface area contributed by atoms with Gasteiger partial charge in [-0.05, 0) is 24.7 Å². The molecule has 0 aromatic heterocycles. The van der Waals surface area contributed by atoms with Crippen molar-refractivity contribution in [1.82, 2.24) is 5.32 Å². The van der Waals surface area contributed by atoms with Gasteiger partial charge in [-0.25, -0.2) is 0 Å². The summed E-state index contributed by atoms with van der Waals surface area (Å²) in [6.07, 6.45) is 3.85. The van der Waals surface area contributed by atoms with Crippen molar-refractivity contribution in [2.75, 3.05) is 13.6 Å². The molecule has 0 unspecified atom stereocenters. The highest BCUT2D eigenvalue weighted by Crippen LogP contribution is 2.15. The minimum absolute atomic E-state index is 0.177. The minimum Gasteiger partial charge on any atom is -0.435 e. The highest BCUT2D eigenvalue weighted by molar-refractivity contribution is 5.50. The van der Waals surface area contributed by atoms with Crippen LogP contribution in [0.25, 0.3) is 6.08 Å². The van der Waals surface area contributed by atoms with Crippen LogP contribution in [0.5, 0.6) is 5.75 Å².